The average molecular weight is 480 g/mol. The maximum Gasteiger partial charge on any atom is 0.275 e. The molecular weight excluding hydrogens is 460 g/mol. The maximum absolute atomic E-state index is 12.4. The number of benzene rings is 3. The summed E-state index contributed by atoms with van der Waals surface area (Å²) in [6.07, 6.45) is 1.37. The average Bonchev–Trinajstić information content (AvgIpc) is 2.87. The van der Waals surface area contributed by atoms with Crippen LogP contribution in [0.3, 0.4) is 0 Å². The van der Waals surface area contributed by atoms with Gasteiger partial charge in [0.1, 0.15) is 12.4 Å². The van der Waals surface area contributed by atoms with E-state index in [1.165, 1.54) is 44.7 Å². The van der Waals surface area contributed by atoms with Gasteiger partial charge < -0.3 is 14.2 Å². The molecule has 3 aromatic rings. The van der Waals surface area contributed by atoms with Crippen LogP contribution in [0.2, 0.25) is 0 Å². The number of nitrogens with one attached hydrogen (secondary N) is 1. The SMILES string of the molecule is COc1cc(/C=N\NC(=O)c2cc([N+](=O)[O-])ccc2OC)ccc1OCc1ccc([N+](=O)[O-])cc1. The lowest BCUT2D eigenvalue weighted by molar-refractivity contribution is -0.385. The molecule has 0 aliphatic rings. The fraction of sp³-hybridized carbons (Fsp3) is 0.130. The number of hydrogen-bond acceptors (Lipinski definition) is 9. The van der Waals surface area contributed by atoms with Crippen molar-refractivity contribution in [3.05, 3.63) is 97.6 Å². The summed E-state index contributed by atoms with van der Waals surface area (Å²) in [6, 6.07) is 14.6. The van der Waals surface area contributed by atoms with E-state index in [4.69, 9.17) is 14.2 Å². The highest BCUT2D eigenvalue weighted by molar-refractivity contribution is 5.98. The van der Waals surface area contributed by atoms with Gasteiger partial charge in [-0.25, -0.2) is 5.43 Å². The highest BCUT2D eigenvalue weighted by Gasteiger charge is 2.17. The highest BCUT2D eigenvalue weighted by atomic mass is 16.6. The fourth-order valence-electron chi connectivity index (χ4n) is 2.97. The predicted octanol–water partition coefficient (Wildman–Crippen LogP) is 3.86. The van der Waals surface area contributed by atoms with E-state index in [1.807, 2.05) is 0 Å². The van der Waals surface area contributed by atoms with Crippen molar-refractivity contribution in [2.24, 2.45) is 5.10 Å². The second kappa shape index (κ2) is 11.2. The van der Waals surface area contributed by atoms with Gasteiger partial charge in [0.05, 0.1) is 35.8 Å². The zero-order valence-electron chi connectivity index (χ0n) is 18.7. The summed E-state index contributed by atoms with van der Waals surface area (Å²) in [5, 5.41) is 25.6. The standard InChI is InChI=1S/C23H20N4O8/c1-33-20-10-8-18(27(31)32)12-19(20)23(28)25-24-13-16-5-9-21(22(11-16)34-2)35-14-15-3-6-17(7-4-15)26(29)30/h3-13H,14H2,1-2H3,(H,25,28)/b24-13-. The Hall–Kier alpha value is -5.00. The van der Waals surface area contributed by atoms with E-state index in [1.54, 1.807) is 30.3 Å². The molecule has 3 rings (SSSR count). The van der Waals surface area contributed by atoms with Crippen molar-refractivity contribution in [1.82, 2.24) is 5.43 Å². The molecule has 3 aromatic carbocycles. The summed E-state index contributed by atoms with van der Waals surface area (Å²) in [6.45, 7) is 0.170. The molecule has 0 heterocycles. The van der Waals surface area contributed by atoms with Crippen LogP contribution >= 0.6 is 0 Å². The third-order valence-corrected chi connectivity index (χ3v) is 4.75. The predicted molar refractivity (Wildman–Crippen MR) is 125 cm³/mol. The number of rotatable bonds is 10. The number of methoxy groups -OCH3 is 2. The van der Waals surface area contributed by atoms with E-state index in [2.05, 4.69) is 10.5 Å². The molecule has 0 saturated heterocycles. The van der Waals surface area contributed by atoms with Gasteiger partial charge in [-0.2, -0.15) is 5.10 Å². The van der Waals surface area contributed by atoms with Crippen LogP contribution in [-0.2, 0) is 6.61 Å². The summed E-state index contributed by atoms with van der Waals surface area (Å²) in [5.74, 6) is 0.326. The summed E-state index contributed by atoms with van der Waals surface area (Å²) >= 11 is 0. The monoisotopic (exact) mass is 480 g/mol. The largest absolute Gasteiger partial charge is 0.496 e. The first-order valence-electron chi connectivity index (χ1n) is 10.0. The quantitative estimate of drug-likeness (QED) is 0.260. The van der Waals surface area contributed by atoms with Gasteiger partial charge in [-0.15, -0.1) is 0 Å². The number of nitrogens with zero attached hydrogens (tertiary/aromatic N) is 3. The first-order chi connectivity index (χ1) is 16.8. The molecule has 0 radical (unpaired) electrons. The van der Waals surface area contributed by atoms with Crippen molar-refractivity contribution in [3.8, 4) is 17.2 Å². The number of carbonyl (C=O) groups excluding carboxylic acids is 1. The Morgan fingerprint density at radius 2 is 1.51 bits per heavy atom. The number of non-ortho nitro benzene ring substituents is 2. The van der Waals surface area contributed by atoms with E-state index in [-0.39, 0.29) is 29.3 Å². The minimum atomic E-state index is -0.684. The van der Waals surface area contributed by atoms with Crippen molar-refractivity contribution >= 4 is 23.5 Å². The lowest BCUT2D eigenvalue weighted by atomic mass is 10.1. The molecule has 0 aliphatic carbocycles. The van der Waals surface area contributed by atoms with Crippen LogP contribution in [0.4, 0.5) is 11.4 Å². The molecule has 0 spiro atoms. The van der Waals surface area contributed by atoms with Crippen molar-refractivity contribution in [2.75, 3.05) is 14.2 Å². The van der Waals surface area contributed by atoms with Gasteiger partial charge >= 0.3 is 0 Å². The first kappa shape index (κ1) is 24.6. The highest BCUT2D eigenvalue weighted by Crippen LogP contribution is 2.29. The van der Waals surface area contributed by atoms with E-state index < -0.39 is 15.8 Å². The van der Waals surface area contributed by atoms with Crippen LogP contribution in [-0.4, -0.2) is 36.2 Å². The van der Waals surface area contributed by atoms with Gasteiger partial charge in [0.25, 0.3) is 17.3 Å². The Bertz CT molecular complexity index is 1280. The Labute approximate surface area is 199 Å². The van der Waals surface area contributed by atoms with Crippen molar-refractivity contribution in [2.45, 2.75) is 6.61 Å². The second-order valence-corrected chi connectivity index (χ2v) is 6.96. The Balaban J connectivity index is 1.66. The molecule has 180 valence electrons. The van der Waals surface area contributed by atoms with Crippen LogP contribution in [0, 0.1) is 20.2 Å². The molecule has 12 heteroatoms. The molecular formula is C23H20N4O8. The zero-order chi connectivity index (χ0) is 25.4. The molecule has 1 N–H and O–H groups in total. The first-order valence-corrected chi connectivity index (χ1v) is 10.0. The molecule has 0 aliphatic heterocycles. The molecule has 0 atom stereocenters. The van der Waals surface area contributed by atoms with Crippen LogP contribution in [0.15, 0.2) is 65.8 Å². The topological polar surface area (TPSA) is 155 Å². The van der Waals surface area contributed by atoms with Crippen LogP contribution in [0.5, 0.6) is 17.2 Å². The number of amides is 1. The van der Waals surface area contributed by atoms with Gasteiger partial charge in [0.2, 0.25) is 0 Å². The van der Waals surface area contributed by atoms with Gasteiger partial charge in [-0.1, -0.05) is 0 Å². The molecule has 35 heavy (non-hydrogen) atoms. The van der Waals surface area contributed by atoms with Gasteiger partial charge in [0.15, 0.2) is 11.5 Å². The number of ether oxygens (including phenoxy) is 3. The van der Waals surface area contributed by atoms with E-state index in [0.717, 1.165) is 11.6 Å². The number of carbonyl (C=O) groups is 1. The number of hydrazone groups is 1. The third-order valence-electron chi connectivity index (χ3n) is 4.75. The minimum absolute atomic E-state index is 0.00834. The minimum Gasteiger partial charge on any atom is -0.496 e. The molecule has 0 bridgehead atoms. The van der Waals surface area contributed by atoms with Gasteiger partial charge in [-0.05, 0) is 47.5 Å². The van der Waals surface area contributed by atoms with Gasteiger partial charge in [0, 0.05) is 24.3 Å². The maximum atomic E-state index is 12.4. The van der Waals surface area contributed by atoms with Crippen molar-refractivity contribution in [1.29, 1.82) is 0 Å². The zero-order valence-corrected chi connectivity index (χ0v) is 18.7. The Morgan fingerprint density at radius 3 is 2.14 bits per heavy atom. The summed E-state index contributed by atoms with van der Waals surface area (Å²) < 4.78 is 16.2. The lowest BCUT2D eigenvalue weighted by Gasteiger charge is -2.11. The normalized spacial score (nSPS) is 10.6. The summed E-state index contributed by atoms with van der Waals surface area (Å²) in [5.41, 5.74) is 3.33. The summed E-state index contributed by atoms with van der Waals surface area (Å²) in [4.78, 5) is 33.1. The van der Waals surface area contributed by atoms with Crippen LogP contribution < -0.4 is 19.6 Å². The number of nitro benzene ring substituents is 2. The molecule has 0 fully saturated rings. The molecule has 0 aromatic heterocycles. The Morgan fingerprint density at radius 1 is 0.886 bits per heavy atom. The second-order valence-electron chi connectivity index (χ2n) is 6.96. The lowest BCUT2D eigenvalue weighted by Crippen LogP contribution is -2.18. The third kappa shape index (κ3) is 6.28. The smallest absolute Gasteiger partial charge is 0.275 e. The van der Waals surface area contributed by atoms with Crippen LogP contribution in [0.1, 0.15) is 21.5 Å². The molecule has 1 amide bonds. The van der Waals surface area contributed by atoms with E-state index in [9.17, 15) is 25.0 Å². The van der Waals surface area contributed by atoms with Crippen molar-refractivity contribution in [3.63, 3.8) is 0 Å². The molecule has 0 unspecified atom stereocenters. The van der Waals surface area contributed by atoms with Crippen molar-refractivity contribution < 1.29 is 28.9 Å². The number of hydrogen-bond donors (Lipinski definition) is 1. The summed E-state index contributed by atoms with van der Waals surface area (Å²) in [7, 11) is 2.81. The number of nitro groups is 2. The fourth-order valence-corrected chi connectivity index (χ4v) is 2.97. The molecule has 0 saturated carbocycles. The molecule has 12 nitrogen and oxygen atoms in total. The van der Waals surface area contributed by atoms with E-state index >= 15 is 0 Å². The van der Waals surface area contributed by atoms with E-state index in [0.29, 0.717) is 17.1 Å². The Kier molecular flexibility index (Phi) is 7.90. The van der Waals surface area contributed by atoms with Crippen LogP contribution in [0.25, 0.3) is 0 Å². The van der Waals surface area contributed by atoms with Gasteiger partial charge in [-0.3, -0.25) is 25.0 Å².